The lowest BCUT2D eigenvalue weighted by molar-refractivity contribution is -0.124. The number of ether oxygens (including phenoxy) is 1. The maximum absolute atomic E-state index is 11.5. The summed E-state index contributed by atoms with van der Waals surface area (Å²) in [5, 5.41) is 11.6. The average molecular weight is 237 g/mol. The lowest BCUT2D eigenvalue weighted by Gasteiger charge is -2.14. The van der Waals surface area contributed by atoms with E-state index in [1.54, 1.807) is 0 Å². The van der Waals surface area contributed by atoms with E-state index in [0.29, 0.717) is 12.2 Å². The zero-order valence-corrected chi connectivity index (χ0v) is 10.3. The molecule has 17 heavy (non-hydrogen) atoms. The highest BCUT2D eigenvalue weighted by atomic mass is 16.5. The number of aliphatic hydroxyl groups excluding tert-OH is 1. The molecule has 0 spiro atoms. The molecule has 1 atom stereocenters. The van der Waals surface area contributed by atoms with Crippen molar-refractivity contribution in [2.75, 3.05) is 13.2 Å². The summed E-state index contributed by atoms with van der Waals surface area (Å²) in [6.45, 7) is 3.76. The van der Waals surface area contributed by atoms with Crippen LogP contribution in [0.25, 0.3) is 0 Å². The number of benzene rings is 1. The first-order valence-electron chi connectivity index (χ1n) is 5.76. The van der Waals surface area contributed by atoms with Crippen molar-refractivity contribution in [2.24, 2.45) is 0 Å². The maximum atomic E-state index is 11.5. The highest BCUT2D eigenvalue weighted by Gasteiger charge is 2.09. The van der Waals surface area contributed by atoms with Crippen molar-refractivity contribution in [3.63, 3.8) is 0 Å². The van der Waals surface area contributed by atoms with Gasteiger partial charge in [-0.2, -0.15) is 0 Å². The number of aliphatic hydroxyl groups is 1. The van der Waals surface area contributed by atoms with Gasteiger partial charge < -0.3 is 15.2 Å². The second-order valence-corrected chi connectivity index (χ2v) is 3.91. The minimum absolute atomic E-state index is 0.0264. The molecule has 1 rings (SSSR count). The average Bonchev–Trinajstić information content (AvgIpc) is 2.35. The summed E-state index contributed by atoms with van der Waals surface area (Å²) in [6.07, 6.45) is 0.701. The topological polar surface area (TPSA) is 58.6 Å². The molecule has 0 radical (unpaired) electrons. The Balaban J connectivity index is 2.41. The van der Waals surface area contributed by atoms with Crippen molar-refractivity contribution in [1.82, 2.24) is 5.32 Å². The normalized spacial score (nSPS) is 11.9. The summed E-state index contributed by atoms with van der Waals surface area (Å²) in [4.78, 5) is 11.5. The summed E-state index contributed by atoms with van der Waals surface area (Å²) in [6, 6.07) is 7.34. The molecule has 0 aliphatic rings. The summed E-state index contributed by atoms with van der Waals surface area (Å²) in [5.41, 5.74) is 0.995. The number of aryl methyl sites for hydroxylation is 1. The second kappa shape index (κ2) is 6.91. The monoisotopic (exact) mass is 237 g/mol. The zero-order valence-electron chi connectivity index (χ0n) is 10.3. The first-order valence-corrected chi connectivity index (χ1v) is 5.76. The molecule has 0 aliphatic heterocycles. The number of nitrogens with one attached hydrogen (secondary N) is 1. The third-order valence-electron chi connectivity index (χ3n) is 2.53. The van der Waals surface area contributed by atoms with Crippen LogP contribution in [-0.4, -0.2) is 30.3 Å². The quantitative estimate of drug-likeness (QED) is 0.783. The van der Waals surface area contributed by atoms with Gasteiger partial charge in [0.2, 0.25) is 0 Å². The van der Waals surface area contributed by atoms with Crippen molar-refractivity contribution in [2.45, 2.75) is 26.3 Å². The molecule has 0 aliphatic carbocycles. The van der Waals surface area contributed by atoms with Gasteiger partial charge >= 0.3 is 0 Å². The van der Waals surface area contributed by atoms with Gasteiger partial charge in [0.05, 0.1) is 12.6 Å². The predicted molar refractivity (Wildman–Crippen MR) is 66.0 cm³/mol. The van der Waals surface area contributed by atoms with E-state index >= 15 is 0 Å². The van der Waals surface area contributed by atoms with E-state index in [-0.39, 0.29) is 25.2 Å². The van der Waals surface area contributed by atoms with Crippen molar-refractivity contribution in [1.29, 1.82) is 0 Å². The molecule has 1 unspecified atom stereocenters. The molecule has 0 fully saturated rings. The van der Waals surface area contributed by atoms with Gasteiger partial charge in [0, 0.05) is 0 Å². The van der Waals surface area contributed by atoms with Crippen LogP contribution < -0.4 is 10.1 Å². The minimum atomic E-state index is -0.214. The molecule has 0 saturated carbocycles. The molecule has 4 nitrogen and oxygen atoms in total. The summed E-state index contributed by atoms with van der Waals surface area (Å²) in [5.74, 6) is 0.494. The van der Waals surface area contributed by atoms with E-state index in [0.717, 1.165) is 5.56 Å². The lowest BCUT2D eigenvalue weighted by Crippen LogP contribution is -2.39. The molecule has 94 valence electrons. The number of amides is 1. The van der Waals surface area contributed by atoms with Gasteiger partial charge in [-0.05, 0) is 25.0 Å². The fourth-order valence-electron chi connectivity index (χ4n) is 1.41. The molecule has 2 N–H and O–H groups in total. The van der Waals surface area contributed by atoms with Crippen molar-refractivity contribution < 1.29 is 14.6 Å². The fourth-order valence-corrected chi connectivity index (χ4v) is 1.41. The number of hydrogen-bond acceptors (Lipinski definition) is 3. The number of carbonyl (C=O) groups excluding carboxylic acids is 1. The van der Waals surface area contributed by atoms with E-state index < -0.39 is 0 Å². The van der Waals surface area contributed by atoms with Gasteiger partial charge in [0.15, 0.2) is 6.61 Å². The smallest absolute Gasteiger partial charge is 0.258 e. The van der Waals surface area contributed by atoms with E-state index in [1.165, 1.54) is 0 Å². The Morgan fingerprint density at radius 3 is 2.76 bits per heavy atom. The molecule has 0 aromatic heterocycles. The van der Waals surface area contributed by atoms with Gasteiger partial charge in [-0.25, -0.2) is 0 Å². The fraction of sp³-hybridized carbons (Fsp3) is 0.462. The Morgan fingerprint density at radius 1 is 1.47 bits per heavy atom. The van der Waals surface area contributed by atoms with Crippen LogP contribution in [0.1, 0.15) is 18.9 Å². The Morgan fingerprint density at radius 2 is 2.18 bits per heavy atom. The Kier molecular flexibility index (Phi) is 5.49. The third kappa shape index (κ3) is 4.44. The van der Waals surface area contributed by atoms with Gasteiger partial charge in [0.25, 0.3) is 5.91 Å². The first-order chi connectivity index (χ1) is 8.17. The Hall–Kier alpha value is -1.55. The van der Waals surface area contributed by atoms with Crippen molar-refractivity contribution in [3.8, 4) is 5.75 Å². The van der Waals surface area contributed by atoms with E-state index in [9.17, 15) is 4.79 Å². The van der Waals surface area contributed by atoms with Gasteiger partial charge in [-0.1, -0.05) is 25.1 Å². The molecule has 0 heterocycles. The minimum Gasteiger partial charge on any atom is -0.484 e. The van der Waals surface area contributed by atoms with Gasteiger partial charge in [-0.3, -0.25) is 4.79 Å². The molecule has 1 aromatic rings. The van der Waals surface area contributed by atoms with Crippen LogP contribution in [0.2, 0.25) is 0 Å². The van der Waals surface area contributed by atoms with E-state index in [4.69, 9.17) is 9.84 Å². The molecule has 0 bridgehead atoms. The van der Waals surface area contributed by atoms with Crippen LogP contribution in [0.5, 0.6) is 5.75 Å². The number of rotatable bonds is 6. The van der Waals surface area contributed by atoms with Crippen molar-refractivity contribution in [3.05, 3.63) is 29.8 Å². The number of hydrogen-bond donors (Lipinski definition) is 2. The Labute approximate surface area is 102 Å². The predicted octanol–water partition coefficient (Wildman–Crippen LogP) is 1.26. The summed E-state index contributed by atoms with van der Waals surface area (Å²) >= 11 is 0. The highest BCUT2D eigenvalue weighted by Crippen LogP contribution is 2.15. The maximum Gasteiger partial charge on any atom is 0.258 e. The first kappa shape index (κ1) is 13.5. The molecule has 1 aromatic carbocycles. The van der Waals surface area contributed by atoms with Crippen LogP contribution >= 0.6 is 0 Å². The lowest BCUT2D eigenvalue weighted by atomic mass is 10.2. The van der Waals surface area contributed by atoms with Gasteiger partial charge in [-0.15, -0.1) is 0 Å². The molecule has 4 heteroatoms. The second-order valence-electron chi connectivity index (χ2n) is 3.91. The largest absolute Gasteiger partial charge is 0.484 e. The SMILES string of the molecule is CCC(CO)NC(=O)COc1ccccc1C. The van der Waals surface area contributed by atoms with Crippen LogP contribution in [0.3, 0.4) is 0 Å². The molecular formula is C13H19NO3. The van der Waals surface area contributed by atoms with Crippen LogP contribution in [0.4, 0.5) is 0 Å². The van der Waals surface area contributed by atoms with Gasteiger partial charge in [0.1, 0.15) is 5.75 Å². The zero-order chi connectivity index (χ0) is 12.7. The van der Waals surface area contributed by atoms with Crippen LogP contribution in [-0.2, 0) is 4.79 Å². The summed E-state index contributed by atoms with van der Waals surface area (Å²) in [7, 11) is 0. The third-order valence-corrected chi connectivity index (χ3v) is 2.53. The van der Waals surface area contributed by atoms with Crippen LogP contribution in [0.15, 0.2) is 24.3 Å². The molecular weight excluding hydrogens is 218 g/mol. The van der Waals surface area contributed by atoms with E-state index in [2.05, 4.69) is 5.32 Å². The van der Waals surface area contributed by atoms with E-state index in [1.807, 2.05) is 38.1 Å². The number of para-hydroxylation sites is 1. The Bertz CT molecular complexity index is 361. The molecule has 0 saturated heterocycles. The highest BCUT2D eigenvalue weighted by molar-refractivity contribution is 5.77. The standard InChI is InChI=1S/C13H19NO3/c1-3-11(8-15)14-13(16)9-17-12-7-5-4-6-10(12)2/h4-7,11,15H,3,8-9H2,1-2H3,(H,14,16). The molecule has 1 amide bonds. The summed E-state index contributed by atoms with van der Waals surface area (Å²) < 4.78 is 5.39. The number of carbonyl (C=O) groups is 1. The van der Waals surface area contributed by atoms with Crippen molar-refractivity contribution >= 4 is 5.91 Å². The van der Waals surface area contributed by atoms with Crippen LogP contribution in [0, 0.1) is 6.92 Å².